The Morgan fingerprint density at radius 3 is 2.22 bits per heavy atom. The highest BCUT2D eigenvalue weighted by molar-refractivity contribution is 6.55. The molecule has 0 radical (unpaired) electrons. The minimum absolute atomic E-state index is 0.00356. The normalized spacial score (nSPS) is 19.3. The minimum Gasteiger partial charge on any atom is -0.478 e. The molecule has 0 aromatic heterocycles. The molecule has 1 aliphatic rings. The third-order valence-electron chi connectivity index (χ3n) is 4.55. The number of carboxylic acids is 1. The lowest BCUT2D eigenvalue weighted by atomic mass is 9.77. The van der Waals surface area contributed by atoms with Gasteiger partial charge in [-0.3, -0.25) is 0 Å². The zero-order chi connectivity index (χ0) is 20.6. The van der Waals surface area contributed by atoms with E-state index in [1.165, 1.54) is 12.1 Å². The number of carbonyl (C=O) groups is 1. The van der Waals surface area contributed by atoms with Crippen LogP contribution in [-0.4, -0.2) is 42.3 Å². The van der Waals surface area contributed by atoms with Gasteiger partial charge in [0.1, 0.15) is 5.75 Å². The van der Waals surface area contributed by atoms with Crippen molar-refractivity contribution in [2.45, 2.75) is 45.3 Å². The van der Waals surface area contributed by atoms with Gasteiger partial charge >= 0.3 is 19.5 Å². The van der Waals surface area contributed by atoms with E-state index in [1.54, 1.807) is 0 Å². The highest BCUT2D eigenvalue weighted by Gasteiger charge is 2.52. The zero-order valence-electron chi connectivity index (χ0n) is 15.4. The topological polar surface area (TPSA) is 91.0 Å². The molecule has 1 aromatic rings. The summed E-state index contributed by atoms with van der Waals surface area (Å²) in [6.45, 7) is 7.40. The number of ether oxygens (including phenoxy) is 1. The van der Waals surface area contributed by atoms with Crippen molar-refractivity contribution < 1.29 is 37.1 Å². The number of hydrogen-bond acceptors (Lipinski definition) is 5. The Labute approximate surface area is 155 Å². The van der Waals surface area contributed by atoms with Crippen LogP contribution >= 0.6 is 0 Å². The first-order valence-corrected chi connectivity index (χ1v) is 8.14. The fraction of sp³-hybridized carbons (Fsp3) is 0.471. The largest absolute Gasteiger partial charge is 0.573 e. The zero-order valence-corrected chi connectivity index (χ0v) is 15.4. The first-order valence-electron chi connectivity index (χ1n) is 8.14. The highest BCUT2D eigenvalue weighted by Crippen LogP contribution is 2.38. The molecule has 0 atom stereocenters. The van der Waals surface area contributed by atoms with Gasteiger partial charge in [-0.15, -0.1) is 13.2 Å². The SMILES string of the molecule is CC1(C)OB(C(=Cc2cc(OC(F)(F)F)cc(C(=O)O)c2)CN)OC1(C)C. The van der Waals surface area contributed by atoms with E-state index in [-0.39, 0.29) is 17.7 Å². The van der Waals surface area contributed by atoms with Crippen LogP contribution in [0.4, 0.5) is 13.2 Å². The van der Waals surface area contributed by atoms with E-state index in [9.17, 15) is 18.0 Å². The first-order chi connectivity index (χ1) is 12.2. The maximum absolute atomic E-state index is 12.5. The molecule has 1 heterocycles. The lowest BCUT2D eigenvalue weighted by Gasteiger charge is -2.32. The second-order valence-corrected chi connectivity index (χ2v) is 7.16. The quantitative estimate of drug-likeness (QED) is 0.754. The van der Waals surface area contributed by atoms with E-state index in [2.05, 4.69) is 4.74 Å². The predicted octanol–water partition coefficient (Wildman–Crippen LogP) is 3.26. The van der Waals surface area contributed by atoms with Crippen LogP contribution < -0.4 is 10.5 Å². The Morgan fingerprint density at radius 2 is 1.78 bits per heavy atom. The van der Waals surface area contributed by atoms with Gasteiger partial charge < -0.3 is 24.9 Å². The van der Waals surface area contributed by atoms with E-state index in [1.807, 2.05) is 27.7 Å². The van der Waals surface area contributed by atoms with Crippen LogP contribution in [0.1, 0.15) is 43.6 Å². The predicted molar refractivity (Wildman–Crippen MR) is 93.2 cm³/mol. The Morgan fingerprint density at radius 1 is 1.22 bits per heavy atom. The number of aromatic carboxylic acids is 1. The number of hydrogen-bond donors (Lipinski definition) is 2. The number of benzene rings is 1. The van der Waals surface area contributed by atoms with Crippen molar-refractivity contribution in [1.82, 2.24) is 0 Å². The Bertz CT molecular complexity index is 745. The molecule has 0 aliphatic carbocycles. The molecule has 0 saturated carbocycles. The number of carboxylic acid groups (broad SMARTS) is 1. The maximum Gasteiger partial charge on any atom is 0.573 e. The van der Waals surface area contributed by atoms with Crippen LogP contribution in [0.2, 0.25) is 0 Å². The van der Waals surface area contributed by atoms with Gasteiger partial charge in [-0.2, -0.15) is 0 Å². The molecule has 0 bridgehead atoms. The molecule has 10 heteroatoms. The molecule has 1 aliphatic heterocycles. The van der Waals surface area contributed by atoms with Gasteiger partial charge in [-0.05, 0) is 56.9 Å². The van der Waals surface area contributed by atoms with Crippen LogP contribution in [0.25, 0.3) is 6.08 Å². The van der Waals surface area contributed by atoms with Gasteiger partial charge in [0, 0.05) is 6.54 Å². The molecule has 0 spiro atoms. The van der Waals surface area contributed by atoms with Crippen LogP contribution in [0, 0.1) is 0 Å². The molecule has 27 heavy (non-hydrogen) atoms. The van der Waals surface area contributed by atoms with E-state index in [4.69, 9.17) is 20.1 Å². The van der Waals surface area contributed by atoms with Crippen LogP contribution in [0.15, 0.2) is 23.7 Å². The van der Waals surface area contributed by atoms with Gasteiger partial charge in [0.05, 0.1) is 16.8 Å². The maximum atomic E-state index is 12.5. The molecule has 6 nitrogen and oxygen atoms in total. The number of alkyl halides is 3. The van der Waals surface area contributed by atoms with E-state index in [0.29, 0.717) is 5.47 Å². The van der Waals surface area contributed by atoms with Crippen molar-refractivity contribution in [2.24, 2.45) is 5.73 Å². The number of nitrogens with two attached hydrogens (primary N) is 1. The second-order valence-electron chi connectivity index (χ2n) is 7.16. The molecular formula is C17H21BF3NO5. The summed E-state index contributed by atoms with van der Waals surface area (Å²) in [5.74, 6) is -2.03. The average molecular weight is 387 g/mol. The summed E-state index contributed by atoms with van der Waals surface area (Å²) < 4.78 is 53.1. The van der Waals surface area contributed by atoms with Gasteiger partial charge in [0.25, 0.3) is 0 Å². The lowest BCUT2D eigenvalue weighted by molar-refractivity contribution is -0.274. The molecule has 2 rings (SSSR count). The third-order valence-corrected chi connectivity index (χ3v) is 4.55. The fourth-order valence-corrected chi connectivity index (χ4v) is 2.45. The minimum atomic E-state index is -4.94. The number of rotatable bonds is 5. The van der Waals surface area contributed by atoms with Crippen LogP contribution in [0.3, 0.4) is 0 Å². The molecule has 148 valence electrons. The average Bonchev–Trinajstić information content (AvgIpc) is 2.70. The van der Waals surface area contributed by atoms with Gasteiger partial charge in [-0.25, -0.2) is 4.79 Å². The monoisotopic (exact) mass is 387 g/mol. The summed E-state index contributed by atoms with van der Waals surface area (Å²) >= 11 is 0. The summed E-state index contributed by atoms with van der Waals surface area (Å²) in [4.78, 5) is 11.2. The van der Waals surface area contributed by atoms with Gasteiger partial charge in [0.15, 0.2) is 0 Å². The van der Waals surface area contributed by atoms with Crippen molar-refractivity contribution in [2.75, 3.05) is 6.54 Å². The molecule has 3 N–H and O–H groups in total. The molecule has 1 aromatic carbocycles. The smallest absolute Gasteiger partial charge is 0.478 e. The van der Waals surface area contributed by atoms with Crippen molar-refractivity contribution in [3.05, 3.63) is 34.8 Å². The van der Waals surface area contributed by atoms with E-state index in [0.717, 1.165) is 12.1 Å². The van der Waals surface area contributed by atoms with Crippen molar-refractivity contribution in [3.8, 4) is 5.75 Å². The Kier molecular flexibility index (Phi) is 5.65. The van der Waals surface area contributed by atoms with E-state index >= 15 is 0 Å². The van der Waals surface area contributed by atoms with Crippen molar-refractivity contribution in [3.63, 3.8) is 0 Å². The summed E-state index contributed by atoms with van der Waals surface area (Å²) in [7, 11) is -0.805. The summed E-state index contributed by atoms with van der Waals surface area (Å²) in [5, 5.41) is 9.14. The second kappa shape index (κ2) is 7.18. The Balaban J connectivity index is 2.41. The summed E-state index contributed by atoms with van der Waals surface area (Å²) in [6.07, 6.45) is -3.50. The van der Waals surface area contributed by atoms with Crippen molar-refractivity contribution >= 4 is 19.2 Å². The molecule has 1 fully saturated rings. The summed E-state index contributed by atoms with van der Waals surface area (Å²) in [6, 6.07) is 3.08. The first kappa shape index (κ1) is 21.3. The van der Waals surface area contributed by atoms with Gasteiger partial charge in [-0.1, -0.05) is 6.08 Å². The lowest BCUT2D eigenvalue weighted by Crippen LogP contribution is -2.41. The third kappa shape index (κ3) is 5.03. The molecule has 1 saturated heterocycles. The fourth-order valence-electron chi connectivity index (χ4n) is 2.45. The number of halogens is 3. The Hall–Kier alpha value is -2.04. The van der Waals surface area contributed by atoms with Crippen LogP contribution in [0.5, 0.6) is 5.75 Å². The van der Waals surface area contributed by atoms with Gasteiger partial charge in [0.2, 0.25) is 0 Å². The molecular weight excluding hydrogens is 366 g/mol. The van der Waals surface area contributed by atoms with Crippen LogP contribution in [-0.2, 0) is 9.31 Å². The molecule has 0 unspecified atom stereocenters. The summed E-state index contributed by atoms with van der Waals surface area (Å²) in [5.41, 5.74) is 4.78. The standard InChI is InChI=1S/C17H21BF3NO5/c1-15(2)16(3,4)27-18(26-15)12(9-22)6-10-5-11(14(23)24)8-13(7-10)25-17(19,20)21/h5-8H,9,22H2,1-4H3,(H,23,24). The van der Waals surface area contributed by atoms with E-state index < -0.39 is 36.4 Å². The van der Waals surface area contributed by atoms with Crippen molar-refractivity contribution in [1.29, 1.82) is 0 Å². The highest BCUT2D eigenvalue weighted by atomic mass is 19.4. The molecule has 0 amide bonds.